The Hall–Kier alpha value is -0.930. The summed E-state index contributed by atoms with van der Waals surface area (Å²) < 4.78 is 0. The number of pyridine rings is 1. The van der Waals surface area contributed by atoms with Crippen molar-refractivity contribution in [3.8, 4) is 0 Å². The number of nitrogens with one attached hydrogen (secondary N) is 1. The first-order valence-corrected chi connectivity index (χ1v) is 6.67. The maximum absolute atomic E-state index is 4.60. The highest BCUT2D eigenvalue weighted by Gasteiger charge is 2.21. The maximum Gasteiger partial charge on any atom is 0.0547 e. The summed E-state index contributed by atoms with van der Waals surface area (Å²) in [6.07, 6.45) is 2.48. The summed E-state index contributed by atoms with van der Waals surface area (Å²) in [5.74, 6) is 0. The van der Waals surface area contributed by atoms with Gasteiger partial charge < -0.3 is 5.32 Å². The first kappa shape index (κ1) is 12.5. The van der Waals surface area contributed by atoms with Crippen molar-refractivity contribution < 1.29 is 0 Å². The Morgan fingerprint density at radius 2 is 2.35 bits per heavy atom. The van der Waals surface area contributed by atoms with Gasteiger partial charge in [0.15, 0.2) is 0 Å². The van der Waals surface area contributed by atoms with Gasteiger partial charge in [-0.15, -0.1) is 0 Å². The molecule has 0 radical (unpaired) electrons. The summed E-state index contributed by atoms with van der Waals surface area (Å²) in [4.78, 5) is 7.18. The molecule has 1 saturated heterocycles. The van der Waals surface area contributed by atoms with Crippen LogP contribution in [0.25, 0.3) is 0 Å². The van der Waals surface area contributed by atoms with E-state index < -0.39 is 0 Å². The fraction of sp³-hybridized carbons (Fsp3) is 0.643. The molecule has 3 heteroatoms. The summed E-state index contributed by atoms with van der Waals surface area (Å²) in [5.41, 5.74) is 2.31. The van der Waals surface area contributed by atoms with Crippen molar-refractivity contribution in [2.24, 2.45) is 0 Å². The molecule has 1 atom stereocenters. The highest BCUT2D eigenvalue weighted by Crippen LogP contribution is 2.13. The Bertz CT molecular complexity index is 345. The van der Waals surface area contributed by atoms with Crippen molar-refractivity contribution >= 4 is 0 Å². The molecule has 2 rings (SSSR count). The number of hydrogen-bond donors (Lipinski definition) is 1. The highest BCUT2D eigenvalue weighted by molar-refractivity contribution is 5.10. The molecule has 17 heavy (non-hydrogen) atoms. The quantitative estimate of drug-likeness (QED) is 0.842. The van der Waals surface area contributed by atoms with E-state index in [-0.39, 0.29) is 0 Å². The zero-order valence-electron chi connectivity index (χ0n) is 10.9. The lowest BCUT2D eigenvalue weighted by molar-refractivity contribution is 0.197. The van der Waals surface area contributed by atoms with Gasteiger partial charge in [0.2, 0.25) is 0 Å². The summed E-state index contributed by atoms with van der Waals surface area (Å²) in [7, 11) is 0. The molecule has 1 N–H and O–H groups in total. The Balaban J connectivity index is 2.01. The summed E-state index contributed by atoms with van der Waals surface area (Å²) in [6, 6.07) is 7.00. The summed E-state index contributed by atoms with van der Waals surface area (Å²) in [5, 5.41) is 3.45. The van der Waals surface area contributed by atoms with Crippen LogP contribution in [0.4, 0.5) is 0 Å². The van der Waals surface area contributed by atoms with E-state index in [0.717, 1.165) is 25.3 Å². The SMILES string of the molecule is CCCN(Cc1cccc(C)n1)C1CCNC1. The molecule has 1 aliphatic rings. The van der Waals surface area contributed by atoms with Crippen molar-refractivity contribution in [1.29, 1.82) is 0 Å². The van der Waals surface area contributed by atoms with Gasteiger partial charge in [0.1, 0.15) is 0 Å². The first-order valence-electron chi connectivity index (χ1n) is 6.67. The van der Waals surface area contributed by atoms with Crippen LogP contribution in [-0.2, 0) is 6.54 Å². The number of nitrogens with zero attached hydrogens (tertiary/aromatic N) is 2. The van der Waals surface area contributed by atoms with Gasteiger partial charge in [0.25, 0.3) is 0 Å². The van der Waals surface area contributed by atoms with Crippen molar-refractivity contribution in [2.75, 3.05) is 19.6 Å². The van der Waals surface area contributed by atoms with Crippen LogP contribution in [0.15, 0.2) is 18.2 Å². The largest absolute Gasteiger partial charge is 0.315 e. The minimum atomic E-state index is 0.692. The van der Waals surface area contributed by atoms with E-state index in [9.17, 15) is 0 Å². The van der Waals surface area contributed by atoms with E-state index in [1.807, 2.05) is 0 Å². The third-order valence-corrected chi connectivity index (χ3v) is 3.37. The molecule has 0 aromatic carbocycles. The zero-order chi connectivity index (χ0) is 12.1. The molecular formula is C14H23N3. The summed E-state index contributed by atoms with van der Waals surface area (Å²) >= 11 is 0. The third kappa shape index (κ3) is 3.51. The second-order valence-electron chi connectivity index (χ2n) is 4.89. The van der Waals surface area contributed by atoms with Gasteiger partial charge in [-0.05, 0) is 45.0 Å². The van der Waals surface area contributed by atoms with Gasteiger partial charge in [-0.25, -0.2) is 0 Å². The third-order valence-electron chi connectivity index (χ3n) is 3.37. The molecule has 0 aliphatic carbocycles. The van der Waals surface area contributed by atoms with Gasteiger partial charge >= 0.3 is 0 Å². The Labute approximate surface area is 104 Å². The fourth-order valence-electron chi connectivity index (χ4n) is 2.52. The number of hydrogen-bond acceptors (Lipinski definition) is 3. The van der Waals surface area contributed by atoms with Crippen LogP contribution in [-0.4, -0.2) is 35.6 Å². The maximum atomic E-state index is 4.60. The van der Waals surface area contributed by atoms with E-state index in [1.54, 1.807) is 0 Å². The minimum absolute atomic E-state index is 0.692. The van der Waals surface area contributed by atoms with Crippen LogP contribution < -0.4 is 5.32 Å². The molecule has 1 unspecified atom stereocenters. The normalized spacial score (nSPS) is 20.1. The molecule has 1 aromatic rings. The average molecular weight is 233 g/mol. The van der Waals surface area contributed by atoms with Crippen LogP contribution in [0.5, 0.6) is 0 Å². The molecule has 0 spiro atoms. The lowest BCUT2D eigenvalue weighted by Crippen LogP contribution is -2.37. The first-order chi connectivity index (χ1) is 8.29. The molecule has 0 bridgehead atoms. The lowest BCUT2D eigenvalue weighted by Gasteiger charge is -2.27. The summed E-state index contributed by atoms with van der Waals surface area (Å²) in [6.45, 7) is 8.76. The lowest BCUT2D eigenvalue weighted by atomic mass is 10.2. The second kappa shape index (κ2) is 6.12. The van der Waals surface area contributed by atoms with Crippen molar-refractivity contribution in [3.05, 3.63) is 29.6 Å². The average Bonchev–Trinajstić information content (AvgIpc) is 2.82. The predicted octanol–water partition coefficient (Wildman–Crippen LogP) is 1.96. The van der Waals surface area contributed by atoms with Crippen LogP contribution in [0.2, 0.25) is 0 Å². The molecule has 1 fully saturated rings. The zero-order valence-corrected chi connectivity index (χ0v) is 10.9. The number of aromatic nitrogens is 1. The van der Waals surface area contributed by atoms with Crippen LogP contribution in [0.3, 0.4) is 0 Å². The Morgan fingerprint density at radius 3 is 3.00 bits per heavy atom. The minimum Gasteiger partial charge on any atom is -0.315 e. The van der Waals surface area contributed by atoms with Crippen molar-refractivity contribution in [1.82, 2.24) is 15.2 Å². The molecule has 0 saturated carbocycles. The van der Waals surface area contributed by atoms with E-state index in [0.29, 0.717) is 6.04 Å². The Morgan fingerprint density at radius 1 is 1.47 bits per heavy atom. The van der Waals surface area contributed by atoms with E-state index in [4.69, 9.17) is 0 Å². The van der Waals surface area contributed by atoms with Gasteiger partial charge in [0.05, 0.1) is 5.69 Å². The smallest absolute Gasteiger partial charge is 0.0547 e. The van der Waals surface area contributed by atoms with Crippen LogP contribution in [0, 0.1) is 6.92 Å². The second-order valence-corrected chi connectivity index (χ2v) is 4.89. The fourth-order valence-corrected chi connectivity index (χ4v) is 2.52. The van der Waals surface area contributed by atoms with Gasteiger partial charge in [0, 0.05) is 24.8 Å². The van der Waals surface area contributed by atoms with Gasteiger partial charge in [-0.1, -0.05) is 13.0 Å². The molecule has 0 amide bonds. The van der Waals surface area contributed by atoms with Crippen LogP contribution >= 0.6 is 0 Å². The van der Waals surface area contributed by atoms with Gasteiger partial charge in [-0.2, -0.15) is 0 Å². The number of aryl methyl sites for hydroxylation is 1. The van der Waals surface area contributed by atoms with Crippen molar-refractivity contribution in [3.63, 3.8) is 0 Å². The number of rotatable bonds is 5. The molecular weight excluding hydrogens is 210 g/mol. The topological polar surface area (TPSA) is 28.2 Å². The van der Waals surface area contributed by atoms with Gasteiger partial charge in [-0.3, -0.25) is 9.88 Å². The van der Waals surface area contributed by atoms with E-state index >= 15 is 0 Å². The molecule has 3 nitrogen and oxygen atoms in total. The van der Waals surface area contributed by atoms with E-state index in [2.05, 4.69) is 47.2 Å². The molecule has 1 aromatic heterocycles. The molecule has 2 heterocycles. The van der Waals surface area contributed by atoms with Crippen molar-refractivity contribution in [2.45, 2.75) is 39.3 Å². The van der Waals surface area contributed by atoms with E-state index in [1.165, 1.54) is 25.1 Å². The molecule has 94 valence electrons. The standard InChI is InChI=1S/C14H23N3/c1-3-9-17(14-7-8-15-10-14)11-13-6-4-5-12(2)16-13/h4-6,14-15H,3,7-11H2,1-2H3. The Kier molecular flexibility index (Phi) is 4.51. The predicted molar refractivity (Wildman–Crippen MR) is 70.9 cm³/mol. The molecule has 1 aliphatic heterocycles. The highest BCUT2D eigenvalue weighted by atomic mass is 15.2. The monoisotopic (exact) mass is 233 g/mol. The van der Waals surface area contributed by atoms with Crippen LogP contribution in [0.1, 0.15) is 31.2 Å².